The molecule has 178 valence electrons. The quantitative estimate of drug-likeness (QED) is 0.0765. The molecule has 0 spiro atoms. The van der Waals surface area contributed by atoms with Crippen LogP contribution < -0.4 is 51.4 Å². The molecule has 1 unspecified atom stereocenters. The summed E-state index contributed by atoms with van der Waals surface area (Å²) < 4.78 is 31.9. The van der Waals surface area contributed by atoms with Gasteiger partial charge in [0.2, 0.25) is 0 Å². The van der Waals surface area contributed by atoms with Crippen LogP contribution in [0.3, 0.4) is 0 Å². The monoisotopic (exact) mass is 484 g/mol. The van der Waals surface area contributed by atoms with Crippen LogP contribution in [-0.2, 0) is 25.1 Å². The van der Waals surface area contributed by atoms with E-state index in [1.54, 1.807) is 0 Å². The summed E-state index contributed by atoms with van der Waals surface area (Å²) in [6.07, 6.45) is 21.3. The van der Waals surface area contributed by atoms with Gasteiger partial charge in [0.1, 0.15) is 0 Å². The van der Waals surface area contributed by atoms with E-state index in [-0.39, 0.29) is 63.5 Å². The zero-order valence-electron chi connectivity index (χ0n) is 20.4. The van der Waals surface area contributed by atoms with Gasteiger partial charge in [-0.1, -0.05) is 90.2 Å². The van der Waals surface area contributed by atoms with Crippen LogP contribution in [0, 0.1) is 0 Å². The minimum absolute atomic E-state index is 0. The number of rotatable bonds is 22. The maximum atomic E-state index is 11.6. The van der Waals surface area contributed by atoms with Crippen molar-refractivity contribution in [2.24, 2.45) is 0 Å². The molecule has 2 atom stereocenters. The molecule has 5 nitrogen and oxygen atoms in total. The summed E-state index contributed by atoms with van der Waals surface area (Å²) >= 11 is -2.44. The summed E-state index contributed by atoms with van der Waals surface area (Å²) in [6.45, 7) is 4.90. The van der Waals surface area contributed by atoms with E-state index in [1.165, 1.54) is 25.7 Å². The second-order valence-electron chi connectivity index (χ2n) is 8.07. The first-order chi connectivity index (χ1) is 14.6. The van der Waals surface area contributed by atoms with Crippen molar-refractivity contribution < 1.29 is 73.9 Å². The number of allylic oxidation sites excluding steroid dienone is 1. The van der Waals surface area contributed by atoms with Gasteiger partial charge in [0, 0.05) is 6.42 Å². The Hall–Kier alpha value is 0.916. The van der Waals surface area contributed by atoms with Crippen LogP contribution in [0.25, 0.3) is 0 Å². The molecule has 0 saturated heterocycles. The van der Waals surface area contributed by atoms with Crippen molar-refractivity contribution in [2.45, 2.75) is 129 Å². The zero-order valence-corrected chi connectivity index (χ0v) is 24.3. The summed E-state index contributed by atoms with van der Waals surface area (Å²) in [5, 5.41) is 0. The largest absolute Gasteiger partial charge is 1.00 e. The number of unbranched alkanes of at least 4 members (excludes halogenated alkanes) is 11. The molecular weight excluding hydrogens is 439 g/mol. The Labute approximate surface area is 236 Å². The van der Waals surface area contributed by atoms with Crippen LogP contribution in [0.2, 0.25) is 0 Å². The van der Waals surface area contributed by atoms with Crippen LogP contribution in [0.15, 0.2) is 12.2 Å². The van der Waals surface area contributed by atoms with E-state index in [1.807, 2.05) is 6.08 Å². The molecule has 0 aromatic rings. The summed E-state index contributed by atoms with van der Waals surface area (Å²) in [5.41, 5.74) is 0. The van der Waals surface area contributed by atoms with E-state index in [9.17, 15) is 13.6 Å². The Morgan fingerprint density at radius 1 is 0.871 bits per heavy atom. The Morgan fingerprint density at radius 2 is 1.48 bits per heavy atom. The third-order valence-electron chi connectivity index (χ3n) is 5.17. The molecule has 0 heterocycles. The van der Waals surface area contributed by atoms with E-state index in [0.29, 0.717) is 19.4 Å². The van der Waals surface area contributed by atoms with Crippen LogP contribution in [-0.4, -0.2) is 27.4 Å². The first-order valence-corrected chi connectivity index (χ1v) is 13.2. The van der Waals surface area contributed by atoms with Gasteiger partial charge in [-0.25, -0.2) is 4.21 Å². The van der Waals surface area contributed by atoms with Gasteiger partial charge in [-0.2, -0.15) is 0 Å². The van der Waals surface area contributed by atoms with Gasteiger partial charge in [0.05, 0.1) is 24.1 Å². The molecule has 0 fully saturated rings. The normalized spacial score (nSPS) is 13.1. The molecule has 0 aliphatic heterocycles. The summed E-state index contributed by atoms with van der Waals surface area (Å²) in [6, 6.07) is 0. The SMILES string of the molecule is CCCCCCOC(=O)CCCCCCC/C=C\C[C@@H](CCCCCC)OS(=O)[O-].[K+]. The average molecular weight is 485 g/mol. The third-order valence-corrected chi connectivity index (χ3v) is 5.60. The van der Waals surface area contributed by atoms with Crippen molar-refractivity contribution in [3.05, 3.63) is 12.2 Å². The van der Waals surface area contributed by atoms with E-state index >= 15 is 0 Å². The molecule has 0 aromatic heterocycles. The van der Waals surface area contributed by atoms with Gasteiger partial charge in [-0.05, 0) is 38.5 Å². The van der Waals surface area contributed by atoms with E-state index in [0.717, 1.165) is 70.6 Å². The van der Waals surface area contributed by atoms with E-state index < -0.39 is 11.4 Å². The maximum Gasteiger partial charge on any atom is 1.00 e. The molecule has 31 heavy (non-hydrogen) atoms. The summed E-state index contributed by atoms with van der Waals surface area (Å²) in [5.74, 6) is -0.0556. The van der Waals surface area contributed by atoms with Crippen molar-refractivity contribution in [1.82, 2.24) is 0 Å². The fourth-order valence-electron chi connectivity index (χ4n) is 3.33. The van der Waals surface area contributed by atoms with Gasteiger partial charge in [-0.15, -0.1) is 0 Å². The minimum atomic E-state index is -2.44. The first kappa shape index (κ1) is 34.1. The van der Waals surface area contributed by atoms with Gasteiger partial charge in [0.15, 0.2) is 0 Å². The molecule has 0 aliphatic carbocycles. The number of hydrogen-bond donors (Lipinski definition) is 0. The number of esters is 1. The second-order valence-corrected chi connectivity index (χ2v) is 8.67. The standard InChI is InChI=1S/C24H46O5S.K/c1-3-5-7-15-19-23(29-30(26)27)20-16-13-11-9-10-12-14-17-21-24(25)28-22-18-8-6-4-2;/h13,16,23H,3-12,14-15,17-22H2,1-2H3,(H,26,27);/q;+1/p-1/b16-13-;/t23-;/m1./s1. The van der Waals surface area contributed by atoms with Crippen molar-refractivity contribution in [1.29, 1.82) is 0 Å². The van der Waals surface area contributed by atoms with Crippen LogP contribution in [0.1, 0.15) is 123 Å². The Morgan fingerprint density at radius 3 is 2.16 bits per heavy atom. The van der Waals surface area contributed by atoms with Gasteiger partial charge in [-0.3, -0.25) is 8.98 Å². The molecule has 0 N–H and O–H groups in total. The zero-order chi connectivity index (χ0) is 22.3. The summed E-state index contributed by atoms with van der Waals surface area (Å²) in [4.78, 5) is 11.6. The third kappa shape index (κ3) is 27.0. The van der Waals surface area contributed by atoms with Gasteiger partial charge < -0.3 is 9.29 Å². The molecule has 0 aliphatic rings. The number of carbonyl (C=O) groups is 1. The molecule has 7 heteroatoms. The van der Waals surface area contributed by atoms with Crippen molar-refractivity contribution in [3.63, 3.8) is 0 Å². The predicted molar refractivity (Wildman–Crippen MR) is 124 cm³/mol. The van der Waals surface area contributed by atoms with Crippen LogP contribution in [0.4, 0.5) is 0 Å². The van der Waals surface area contributed by atoms with Crippen molar-refractivity contribution >= 4 is 17.3 Å². The van der Waals surface area contributed by atoms with Crippen LogP contribution in [0.5, 0.6) is 0 Å². The van der Waals surface area contributed by atoms with E-state index in [4.69, 9.17) is 8.92 Å². The Kier molecular flexibility index (Phi) is 29.9. The molecule has 0 bridgehead atoms. The van der Waals surface area contributed by atoms with Crippen molar-refractivity contribution in [3.8, 4) is 0 Å². The first-order valence-electron chi connectivity index (χ1n) is 12.2. The fourth-order valence-corrected chi connectivity index (χ4v) is 3.73. The molecule has 0 rings (SSSR count). The molecule has 0 saturated carbocycles. The maximum absolute atomic E-state index is 11.6. The van der Waals surface area contributed by atoms with Gasteiger partial charge in [0.25, 0.3) is 0 Å². The van der Waals surface area contributed by atoms with Crippen LogP contribution >= 0.6 is 0 Å². The van der Waals surface area contributed by atoms with Crippen molar-refractivity contribution in [2.75, 3.05) is 6.61 Å². The minimum Gasteiger partial charge on any atom is -0.750 e. The Balaban J connectivity index is 0. The predicted octanol–water partition coefficient (Wildman–Crippen LogP) is 3.94. The number of carbonyl (C=O) groups excluding carboxylic acids is 1. The molecule has 0 amide bonds. The number of hydrogen-bond acceptors (Lipinski definition) is 5. The molecule has 0 aromatic carbocycles. The fraction of sp³-hybridized carbons (Fsp3) is 0.875. The molecular formula is C24H45KO5S. The topological polar surface area (TPSA) is 75.7 Å². The molecule has 0 radical (unpaired) electrons. The second kappa shape index (κ2) is 27.2. The smallest absolute Gasteiger partial charge is 0.750 e. The van der Waals surface area contributed by atoms with E-state index in [2.05, 4.69) is 19.9 Å². The average Bonchev–Trinajstić information content (AvgIpc) is 2.71. The summed E-state index contributed by atoms with van der Waals surface area (Å²) in [7, 11) is 0. The number of ether oxygens (including phenoxy) is 1. The Bertz CT molecular complexity index is 446. The van der Waals surface area contributed by atoms with Gasteiger partial charge >= 0.3 is 57.4 Å².